The lowest BCUT2D eigenvalue weighted by Gasteiger charge is -2.28. The molecule has 2 aromatic heterocycles. The fraction of sp³-hybridized carbons (Fsp3) is 0.372. The number of imidazole rings is 1. The Morgan fingerprint density at radius 2 is 1.70 bits per heavy atom. The highest BCUT2D eigenvalue weighted by molar-refractivity contribution is 5.95. The summed E-state index contributed by atoms with van der Waals surface area (Å²) in [5.41, 5.74) is 17.4. The van der Waals surface area contributed by atoms with Crippen LogP contribution in [0.25, 0.3) is 10.9 Å². The summed E-state index contributed by atoms with van der Waals surface area (Å²) in [6.45, 7) is 6.41. The third-order valence-corrected chi connectivity index (χ3v) is 10.1. The topological polar surface area (TPSA) is 266 Å². The van der Waals surface area contributed by atoms with E-state index in [9.17, 15) is 28.8 Å². The molecular weight excluding hydrogens is 781 g/mol. The van der Waals surface area contributed by atoms with E-state index in [0.29, 0.717) is 38.2 Å². The van der Waals surface area contributed by atoms with E-state index in [-0.39, 0.29) is 32.2 Å². The average molecular weight is 835 g/mol. The number of hydrogen-bond donors (Lipinski definition) is 9. The Morgan fingerprint density at radius 3 is 2.44 bits per heavy atom. The minimum Gasteiger partial charge on any atom is -0.368 e. The second-order valence-corrected chi connectivity index (χ2v) is 14.8. The molecule has 18 heteroatoms. The molecule has 5 atom stereocenters. The van der Waals surface area contributed by atoms with Gasteiger partial charge in [-0.1, -0.05) is 66.4 Å². The van der Waals surface area contributed by atoms with Crippen LogP contribution in [0.3, 0.4) is 0 Å². The molecular formula is C43H54N12O6. The van der Waals surface area contributed by atoms with E-state index in [4.69, 9.17) is 11.5 Å². The van der Waals surface area contributed by atoms with E-state index in [0.717, 1.165) is 27.0 Å². The van der Waals surface area contributed by atoms with Gasteiger partial charge in [-0.25, -0.2) is 14.8 Å². The van der Waals surface area contributed by atoms with Crippen LogP contribution in [0, 0.1) is 11.8 Å². The van der Waals surface area contributed by atoms with Crippen molar-refractivity contribution in [1.29, 1.82) is 0 Å². The quantitative estimate of drug-likeness (QED) is 0.0588. The van der Waals surface area contributed by atoms with Crippen molar-refractivity contribution in [3.05, 3.63) is 103 Å². The average Bonchev–Trinajstić information content (AvgIpc) is 3.92. The van der Waals surface area contributed by atoms with Crippen molar-refractivity contribution in [2.45, 2.75) is 75.7 Å². The van der Waals surface area contributed by atoms with Gasteiger partial charge in [-0.05, 0) is 49.9 Å². The molecule has 0 bridgehead atoms. The molecule has 3 heterocycles. The van der Waals surface area contributed by atoms with Crippen LogP contribution in [0.4, 0.5) is 4.79 Å². The first-order valence-corrected chi connectivity index (χ1v) is 20.1. The number of nitrogens with zero attached hydrogens (tertiary/aromatic N) is 3. The van der Waals surface area contributed by atoms with Crippen molar-refractivity contribution >= 4 is 46.5 Å². The zero-order chi connectivity index (χ0) is 43.7. The molecule has 0 aliphatic carbocycles. The number of carbonyl (C=O) groups is 6. The van der Waals surface area contributed by atoms with Crippen molar-refractivity contribution < 1.29 is 28.8 Å². The summed E-state index contributed by atoms with van der Waals surface area (Å²) in [6, 6.07) is 9.99. The minimum atomic E-state index is -1.24. The molecule has 11 N–H and O–H groups in total. The highest BCUT2D eigenvalue weighted by atomic mass is 16.2. The summed E-state index contributed by atoms with van der Waals surface area (Å²) in [7, 11) is 0. The van der Waals surface area contributed by atoms with Crippen molar-refractivity contribution in [3.63, 3.8) is 0 Å². The van der Waals surface area contributed by atoms with Gasteiger partial charge in [0, 0.05) is 54.8 Å². The largest absolute Gasteiger partial charge is 0.368 e. The van der Waals surface area contributed by atoms with Crippen molar-refractivity contribution in [3.8, 4) is 11.8 Å². The molecule has 0 saturated heterocycles. The monoisotopic (exact) mass is 834 g/mol. The van der Waals surface area contributed by atoms with Crippen LogP contribution >= 0.6 is 0 Å². The Bertz CT molecular complexity index is 2200. The van der Waals surface area contributed by atoms with E-state index in [1.54, 1.807) is 42.7 Å². The molecule has 0 fully saturated rings. The number of aromatic amines is 2. The lowest BCUT2D eigenvalue weighted by atomic mass is 10.0. The summed E-state index contributed by atoms with van der Waals surface area (Å²) in [5, 5.41) is 12.6. The van der Waals surface area contributed by atoms with Gasteiger partial charge in [0.2, 0.25) is 23.6 Å². The van der Waals surface area contributed by atoms with Crippen molar-refractivity contribution in [2.75, 3.05) is 26.2 Å². The first kappa shape index (κ1) is 45.1. The Balaban J connectivity index is 1.35. The molecule has 2 aromatic carbocycles. The predicted octanol–water partition coefficient (Wildman–Crippen LogP) is 0.293. The van der Waals surface area contributed by atoms with Crippen molar-refractivity contribution in [2.24, 2.45) is 11.5 Å². The number of fused-ring (bicyclic) bond motifs is 1. The van der Waals surface area contributed by atoms with Crippen LogP contribution < -0.4 is 38.2 Å². The minimum absolute atomic E-state index is 0.0510. The SMILES string of the molecule is C=CCN1CC#CCN(NC(=O)[C@H](C)NC(=O)[C@@H](Cc2c[nH]c3ccccc23)NC(=O)[C@@H](N)Cc2cnc[nH]2)C(=O)N[C@H](Cc2ccccc2)C(=O)N[C@H](C(N)=O)CCCC1. The van der Waals surface area contributed by atoms with E-state index < -0.39 is 65.8 Å². The first-order valence-electron chi connectivity index (χ1n) is 20.1. The normalized spacial score (nSPS) is 18.3. The number of hydrogen-bond acceptors (Lipinski definition) is 9. The lowest BCUT2D eigenvalue weighted by molar-refractivity contribution is -0.133. The summed E-state index contributed by atoms with van der Waals surface area (Å²) in [5.74, 6) is 2.54. The Hall–Kier alpha value is -6.97. The number of H-pyrrole nitrogens is 2. The van der Waals surface area contributed by atoms with E-state index in [1.807, 2.05) is 35.2 Å². The van der Waals surface area contributed by atoms with Gasteiger partial charge in [0.15, 0.2) is 0 Å². The van der Waals surface area contributed by atoms with Gasteiger partial charge in [0.1, 0.15) is 30.7 Å². The van der Waals surface area contributed by atoms with Crippen LogP contribution in [-0.2, 0) is 43.2 Å². The summed E-state index contributed by atoms with van der Waals surface area (Å²) >= 11 is 0. The van der Waals surface area contributed by atoms with Crippen LogP contribution in [0.15, 0.2) is 86.0 Å². The number of primary amides is 1. The molecule has 4 aromatic rings. The van der Waals surface area contributed by atoms with Crippen LogP contribution in [0.2, 0.25) is 0 Å². The fourth-order valence-electron chi connectivity index (χ4n) is 6.75. The Kier molecular flexibility index (Phi) is 16.6. The number of carbonyl (C=O) groups excluding carboxylic acids is 6. The number of nitrogens with one attached hydrogen (secondary N) is 7. The molecule has 5 rings (SSSR count). The van der Waals surface area contributed by atoms with Crippen LogP contribution in [-0.4, -0.2) is 117 Å². The number of urea groups is 1. The zero-order valence-electron chi connectivity index (χ0n) is 34.1. The number of benzene rings is 2. The molecule has 322 valence electrons. The highest BCUT2D eigenvalue weighted by Crippen LogP contribution is 2.19. The number of amides is 7. The molecule has 7 amide bonds. The van der Waals surface area contributed by atoms with E-state index in [2.05, 4.69) is 60.1 Å². The molecule has 0 unspecified atom stereocenters. The maximum atomic E-state index is 14.0. The fourth-order valence-corrected chi connectivity index (χ4v) is 6.75. The van der Waals surface area contributed by atoms with Gasteiger partial charge in [0.05, 0.1) is 18.9 Å². The van der Waals surface area contributed by atoms with Crippen LogP contribution in [0.5, 0.6) is 0 Å². The van der Waals surface area contributed by atoms with E-state index >= 15 is 0 Å². The predicted molar refractivity (Wildman–Crippen MR) is 229 cm³/mol. The Labute approximate surface area is 354 Å². The molecule has 1 aliphatic rings. The maximum absolute atomic E-state index is 14.0. The first-order chi connectivity index (χ1) is 29.4. The Morgan fingerprint density at radius 1 is 0.951 bits per heavy atom. The number of aromatic nitrogens is 3. The van der Waals surface area contributed by atoms with E-state index in [1.165, 1.54) is 13.3 Å². The molecule has 1 aliphatic heterocycles. The molecule has 0 radical (unpaired) electrons. The second-order valence-electron chi connectivity index (χ2n) is 14.8. The van der Waals surface area contributed by atoms with Crippen molar-refractivity contribution in [1.82, 2.24) is 51.6 Å². The third-order valence-electron chi connectivity index (χ3n) is 10.1. The summed E-state index contributed by atoms with van der Waals surface area (Å²) in [4.78, 5) is 93.3. The molecule has 0 spiro atoms. The maximum Gasteiger partial charge on any atom is 0.337 e. The smallest absolute Gasteiger partial charge is 0.337 e. The second kappa shape index (κ2) is 22.4. The number of nitrogens with two attached hydrogens (primary N) is 2. The highest BCUT2D eigenvalue weighted by Gasteiger charge is 2.31. The lowest BCUT2D eigenvalue weighted by Crippen LogP contribution is -2.61. The summed E-state index contributed by atoms with van der Waals surface area (Å²) < 4.78 is 0. The molecule has 0 saturated carbocycles. The van der Waals surface area contributed by atoms with Gasteiger partial charge in [-0.15, -0.1) is 6.58 Å². The van der Waals surface area contributed by atoms with Gasteiger partial charge in [-0.2, -0.15) is 0 Å². The van der Waals surface area contributed by atoms with Gasteiger partial charge >= 0.3 is 6.03 Å². The number of hydrazine groups is 1. The number of para-hydroxylation sites is 1. The van der Waals surface area contributed by atoms with Gasteiger partial charge < -0.3 is 42.7 Å². The molecule has 61 heavy (non-hydrogen) atoms. The molecule has 18 nitrogen and oxygen atoms in total. The zero-order valence-corrected chi connectivity index (χ0v) is 34.1. The van der Waals surface area contributed by atoms with Crippen LogP contribution in [0.1, 0.15) is 43.0 Å². The summed E-state index contributed by atoms with van der Waals surface area (Å²) in [6.07, 6.45) is 8.32. The standard InChI is InChI=1S/C43H54N12O6/c1-3-18-54-19-10-9-17-35(38(45)56)50-42(60)36(22-29-13-5-4-6-14-29)52-43(61)55(21-12-11-20-54)53-39(57)28(2)49-41(59)37(23-30-25-47-34-16-8-7-15-32(30)34)51-40(58)33(44)24-31-26-46-27-48-31/h3-8,13-16,25-28,33,35-37,47H,1,9-10,17-24,44H2,2H3,(H2,45,56)(H,46,48)(H,49,59)(H,50,60)(H,51,58)(H,52,61)(H,53,57)/t28-,33-,35-,36+,37+/m0/s1. The number of rotatable bonds is 15. The third kappa shape index (κ3) is 13.5. The van der Waals surface area contributed by atoms with Gasteiger partial charge in [-0.3, -0.25) is 34.3 Å². The van der Waals surface area contributed by atoms with Gasteiger partial charge in [0.25, 0.3) is 5.91 Å².